The summed E-state index contributed by atoms with van der Waals surface area (Å²) in [5.74, 6) is -0.744. The molecular formula is C28H34O6. The summed E-state index contributed by atoms with van der Waals surface area (Å²) in [6.45, 7) is 11.6. The molecule has 0 amide bonds. The molecule has 0 aliphatic heterocycles. The van der Waals surface area contributed by atoms with E-state index in [9.17, 15) is 19.5 Å². The highest BCUT2D eigenvalue weighted by molar-refractivity contribution is 6.03. The van der Waals surface area contributed by atoms with Gasteiger partial charge in [0.05, 0.1) is 12.5 Å². The SMILES string of the molecule is CC(=O)O[C@H]1C[C@@]2(C)C3=CC(=O)[C@@](O)(c4ccoc4)[C@]3(C)CC[C@@H]2[C@@]2(C)C=CC(=O)C(C)(C)[C@H]12. The summed E-state index contributed by atoms with van der Waals surface area (Å²) in [5.41, 5.74) is -2.76. The van der Waals surface area contributed by atoms with Crippen LogP contribution in [0.15, 0.2) is 46.8 Å². The molecule has 0 saturated heterocycles. The van der Waals surface area contributed by atoms with Crippen molar-refractivity contribution in [1.82, 2.24) is 0 Å². The zero-order valence-corrected chi connectivity index (χ0v) is 20.8. The lowest BCUT2D eigenvalue weighted by atomic mass is 9.38. The lowest BCUT2D eigenvalue weighted by Gasteiger charge is -2.66. The fourth-order valence-electron chi connectivity index (χ4n) is 8.65. The largest absolute Gasteiger partial charge is 0.472 e. The predicted molar refractivity (Wildman–Crippen MR) is 124 cm³/mol. The number of allylic oxidation sites excluding steroid dienone is 2. The van der Waals surface area contributed by atoms with E-state index in [1.807, 2.05) is 26.8 Å². The molecule has 6 nitrogen and oxygen atoms in total. The number of esters is 1. The van der Waals surface area contributed by atoms with Crippen molar-refractivity contribution in [2.45, 2.75) is 72.5 Å². The highest BCUT2D eigenvalue weighted by Gasteiger charge is 2.71. The van der Waals surface area contributed by atoms with Crippen LogP contribution in [0.1, 0.15) is 66.4 Å². The molecular weight excluding hydrogens is 432 g/mol. The third-order valence-corrected chi connectivity index (χ3v) is 10.0. The highest BCUT2D eigenvalue weighted by atomic mass is 16.5. The summed E-state index contributed by atoms with van der Waals surface area (Å²) in [7, 11) is 0. The van der Waals surface area contributed by atoms with E-state index in [-0.39, 0.29) is 29.4 Å². The molecule has 4 aliphatic rings. The number of hydrogen-bond acceptors (Lipinski definition) is 6. The number of aliphatic hydroxyl groups is 1. The molecule has 1 aromatic heterocycles. The number of rotatable bonds is 2. The highest BCUT2D eigenvalue weighted by Crippen LogP contribution is 2.73. The third-order valence-electron chi connectivity index (χ3n) is 10.0. The summed E-state index contributed by atoms with van der Waals surface area (Å²) in [6.07, 6.45) is 9.67. The van der Waals surface area contributed by atoms with Crippen molar-refractivity contribution < 1.29 is 28.6 Å². The summed E-state index contributed by atoms with van der Waals surface area (Å²) >= 11 is 0. The van der Waals surface area contributed by atoms with Crippen molar-refractivity contribution in [3.63, 3.8) is 0 Å². The topological polar surface area (TPSA) is 93.8 Å². The van der Waals surface area contributed by atoms with Gasteiger partial charge in [-0.2, -0.15) is 0 Å². The minimum Gasteiger partial charge on any atom is -0.472 e. The number of carbonyl (C=O) groups is 3. The lowest BCUT2D eigenvalue weighted by Crippen LogP contribution is -2.65. The van der Waals surface area contributed by atoms with E-state index in [2.05, 4.69) is 13.8 Å². The number of carbonyl (C=O) groups excluding carboxylic acids is 3. The van der Waals surface area contributed by atoms with Crippen LogP contribution >= 0.6 is 0 Å². The minimum atomic E-state index is -1.70. The van der Waals surface area contributed by atoms with Crippen molar-refractivity contribution in [2.75, 3.05) is 0 Å². The molecule has 182 valence electrons. The second-order valence-corrected chi connectivity index (χ2v) is 12.1. The van der Waals surface area contributed by atoms with E-state index in [4.69, 9.17) is 9.15 Å². The van der Waals surface area contributed by atoms with Crippen LogP contribution in [0, 0.1) is 33.5 Å². The zero-order chi connectivity index (χ0) is 24.9. The minimum absolute atomic E-state index is 0.0426. The first-order valence-electron chi connectivity index (χ1n) is 12.2. The Balaban J connectivity index is 1.68. The average Bonchev–Trinajstić information content (AvgIpc) is 3.33. The summed E-state index contributed by atoms with van der Waals surface area (Å²) in [5, 5.41) is 11.9. The van der Waals surface area contributed by atoms with Crippen LogP contribution in [0.4, 0.5) is 0 Å². The molecule has 2 saturated carbocycles. The van der Waals surface area contributed by atoms with Crippen molar-refractivity contribution in [1.29, 1.82) is 0 Å². The third kappa shape index (κ3) is 2.58. The Hall–Kier alpha value is -2.47. The van der Waals surface area contributed by atoms with E-state index >= 15 is 0 Å². The van der Waals surface area contributed by atoms with Gasteiger partial charge in [-0.25, -0.2) is 0 Å². The smallest absolute Gasteiger partial charge is 0.302 e. The summed E-state index contributed by atoms with van der Waals surface area (Å²) < 4.78 is 11.2. The maximum Gasteiger partial charge on any atom is 0.302 e. The van der Waals surface area contributed by atoms with Crippen LogP contribution in [0.25, 0.3) is 0 Å². The molecule has 0 bridgehead atoms. The first kappa shape index (κ1) is 23.3. The fourth-order valence-corrected chi connectivity index (χ4v) is 8.65. The Morgan fingerprint density at radius 2 is 1.85 bits per heavy atom. The van der Waals surface area contributed by atoms with Gasteiger partial charge in [0.15, 0.2) is 17.2 Å². The fraction of sp³-hybridized carbons (Fsp3) is 0.607. The van der Waals surface area contributed by atoms with Crippen molar-refractivity contribution in [3.05, 3.63) is 48.0 Å². The second kappa shape index (κ2) is 6.81. The van der Waals surface area contributed by atoms with E-state index in [0.717, 1.165) is 12.0 Å². The molecule has 1 heterocycles. The molecule has 0 aromatic carbocycles. The Morgan fingerprint density at radius 3 is 2.47 bits per heavy atom. The molecule has 6 heteroatoms. The van der Waals surface area contributed by atoms with E-state index in [1.54, 1.807) is 18.2 Å². The maximum absolute atomic E-state index is 13.4. The van der Waals surface area contributed by atoms with Crippen molar-refractivity contribution in [3.8, 4) is 0 Å². The summed E-state index contributed by atoms with van der Waals surface area (Å²) in [4.78, 5) is 38.6. The summed E-state index contributed by atoms with van der Waals surface area (Å²) in [6, 6.07) is 1.66. The Labute approximate surface area is 200 Å². The van der Waals surface area contributed by atoms with Gasteiger partial charge in [-0.3, -0.25) is 14.4 Å². The number of hydrogen-bond donors (Lipinski definition) is 1. The van der Waals surface area contributed by atoms with E-state index in [1.165, 1.54) is 19.5 Å². The van der Waals surface area contributed by atoms with E-state index in [0.29, 0.717) is 18.4 Å². The standard InChI is InChI=1S/C28H34O6/c1-16(29)34-18-14-26(5)19(25(4)10-8-21(30)24(2,3)23(18)25)7-11-27(6)20(26)13-22(31)28(27,32)17-9-12-33-15-17/h8-10,12-13,15,18-19,23,32H,7,11,14H2,1-6H3/t18-,19+,23-,25+,26+,27+,28-/m0/s1. The van der Waals surface area contributed by atoms with Crippen LogP contribution in [-0.2, 0) is 24.7 Å². The lowest BCUT2D eigenvalue weighted by molar-refractivity contribution is -0.192. The average molecular weight is 467 g/mol. The first-order valence-corrected chi connectivity index (χ1v) is 12.2. The monoisotopic (exact) mass is 466 g/mol. The van der Waals surface area contributed by atoms with Gasteiger partial charge in [-0.15, -0.1) is 0 Å². The van der Waals surface area contributed by atoms with Gasteiger partial charge in [0, 0.05) is 29.2 Å². The van der Waals surface area contributed by atoms with Crippen LogP contribution in [0.2, 0.25) is 0 Å². The van der Waals surface area contributed by atoms with Gasteiger partial charge < -0.3 is 14.3 Å². The molecule has 1 aromatic rings. The Bertz CT molecular complexity index is 1140. The quantitative estimate of drug-likeness (QED) is 0.644. The van der Waals surface area contributed by atoms with Crippen LogP contribution in [0.3, 0.4) is 0 Å². The number of ketones is 2. The van der Waals surface area contributed by atoms with Gasteiger partial charge in [-0.05, 0) is 54.2 Å². The molecule has 4 aliphatic carbocycles. The van der Waals surface area contributed by atoms with Crippen molar-refractivity contribution in [2.24, 2.45) is 33.5 Å². The maximum atomic E-state index is 13.4. The van der Waals surface area contributed by atoms with Gasteiger partial charge >= 0.3 is 5.97 Å². The molecule has 34 heavy (non-hydrogen) atoms. The molecule has 1 N–H and O–H groups in total. The number of fused-ring (bicyclic) bond motifs is 5. The molecule has 0 radical (unpaired) electrons. The second-order valence-electron chi connectivity index (χ2n) is 12.1. The normalized spacial score (nSPS) is 44.7. The van der Waals surface area contributed by atoms with Crippen LogP contribution < -0.4 is 0 Å². The van der Waals surface area contributed by atoms with Crippen LogP contribution in [0.5, 0.6) is 0 Å². The molecule has 2 fully saturated rings. The first-order chi connectivity index (χ1) is 15.7. The Morgan fingerprint density at radius 1 is 1.15 bits per heavy atom. The van der Waals surface area contributed by atoms with Crippen LogP contribution in [-0.4, -0.2) is 28.7 Å². The van der Waals surface area contributed by atoms with Gasteiger partial charge in [0.25, 0.3) is 0 Å². The molecule has 0 unspecified atom stereocenters. The molecule has 5 rings (SSSR count). The molecule has 7 atom stereocenters. The van der Waals surface area contributed by atoms with E-state index < -0.39 is 33.4 Å². The zero-order valence-electron chi connectivity index (χ0n) is 20.8. The Kier molecular flexibility index (Phi) is 4.66. The van der Waals surface area contributed by atoms with Crippen molar-refractivity contribution >= 4 is 17.5 Å². The number of furan rings is 1. The van der Waals surface area contributed by atoms with Gasteiger partial charge in [0.2, 0.25) is 0 Å². The predicted octanol–water partition coefficient (Wildman–Crippen LogP) is 4.52. The number of ether oxygens (including phenoxy) is 1. The van der Waals surface area contributed by atoms with Gasteiger partial charge in [0.1, 0.15) is 6.10 Å². The van der Waals surface area contributed by atoms with Gasteiger partial charge in [-0.1, -0.05) is 46.3 Å². The molecule has 0 spiro atoms.